The third-order valence-corrected chi connectivity index (χ3v) is 2.52. The van der Waals surface area contributed by atoms with Crippen molar-refractivity contribution in [2.24, 2.45) is 0 Å². The second-order valence-corrected chi connectivity index (χ2v) is 4.12. The summed E-state index contributed by atoms with van der Waals surface area (Å²) < 4.78 is 4.94. The number of rotatable bonds is 9. The largest absolute Gasteiger partial charge is 0.459 e. The number of hydrogen-bond acceptors (Lipinski definition) is 4. The lowest BCUT2D eigenvalue weighted by atomic mass is 10.2. The van der Waals surface area contributed by atoms with Crippen LogP contribution < -0.4 is 10.6 Å². The normalized spacial score (nSPS) is 10.2. The van der Waals surface area contributed by atoms with Gasteiger partial charge in [0.25, 0.3) is 5.91 Å². The Labute approximate surface area is 112 Å². The van der Waals surface area contributed by atoms with Crippen LogP contribution in [0, 0.1) is 0 Å². The zero-order valence-corrected chi connectivity index (χ0v) is 10.9. The minimum Gasteiger partial charge on any atom is -0.459 e. The molecule has 0 spiro atoms. The van der Waals surface area contributed by atoms with Crippen molar-refractivity contribution in [3.63, 3.8) is 0 Å². The quantitative estimate of drug-likeness (QED) is 0.574. The topological polar surface area (TPSA) is 91.6 Å². The van der Waals surface area contributed by atoms with E-state index in [1.165, 1.54) is 6.26 Å². The predicted molar refractivity (Wildman–Crippen MR) is 69.6 cm³/mol. The van der Waals surface area contributed by atoms with Crippen molar-refractivity contribution in [1.82, 2.24) is 10.6 Å². The summed E-state index contributed by atoms with van der Waals surface area (Å²) in [5.74, 6) is -0.0352. The Kier molecular flexibility index (Phi) is 7.34. The molecule has 0 radical (unpaired) electrons. The van der Waals surface area contributed by atoms with E-state index in [1.54, 1.807) is 12.1 Å². The monoisotopic (exact) mass is 268 g/mol. The van der Waals surface area contributed by atoms with Crippen molar-refractivity contribution in [1.29, 1.82) is 0 Å². The summed E-state index contributed by atoms with van der Waals surface area (Å²) in [6, 6.07) is 3.23. The van der Waals surface area contributed by atoms with Gasteiger partial charge in [0.15, 0.2) is 5.76 Å². The molecule has 0 saturated heterocycles. The molecule has 0 aliphatic heterocycles. The molecule has 0 unspecified atom stereocenters. The lowest BCUT2D eigenvalue weighted by molar-refractivity contribution is -0.121. The van der Waals surface area contributed by atoms with Gasteiger partial charge in [-0.1, -0.05) is 0 Å². The van der Waals surface area contributed by atoms with Gasteiger partial charge in [-0.15, -0.1) is 0 Å². The number of aliphatic hydroxyl groups is 1. The maximum absolute atomic E-state index is 11.5. The summed E-state index contributed by atoms with van der Waals surface area (Å²) in [5.41, 5.74) is 0. The van der Waals surface area contributed by atoms with Gasteiger partial charge in [-0.25, -0.2) is 0 Å². The van der Waals surface area contributed by atoms with Crippen LogP contribution in [0.5, 0.6) is 0 Å². The molecule has 0 aliphatic rings. The fourth-order valence-corrected chi connectivity index (χ4v) is 1.50. The number of carbonyl (C=O) groups is 2. The molecule has 0 saturated carbocycles. The molecule has 6 nitrogen and oxygen atoms in total. The van der Waals surface area contributed by atoms with Gasteiger partial charge in [0.1, 0.15) is 0 Å². The molecule has 2 amide bonds. The van der Waals surface area contributed by atoms with E-state index in [-0.39, 0.29) is 24.2 Å². The van der Waals surface area contributed by atoms with Crippen molar-refractivity contribution >= 4 is 11.8 Å². The van der Waals surface area contributed by atoms with Crippen LogP contribution in [-0.2, 0) is 4.79 Å². The third kappa shape index (κ3) is 6.61. The van der Waals surface area contributed by atoms with E-state index >= 15 is 0 Å². The van der Waals surface area contributed by atoms with Gasteiger partial charge in [0.2, 0.25) is 5.91 Å². The Balaban J connectivity index is 2.01. The van der Waals surface area contributed by atoms with Gasteiger partial charge in [0, 0.05) is 26.1 Å². The minimum atomic E-state index is -0.270. The smallest absolute Gasteiger partial charge is 0.286 e. The van der Waals surface area contributed by atoms with Crippen molar-refractivity contribution in [3.8, 4) is 0 Å². The predicted octanol–water partition coefficient (Wildman–Crippen LogP) is 0.678. The third-order valence-electron chi connectivity index (χ3n) is 2.52. The van der Waals surface area contributed by atoms with Crippen molar-refractivity contribution in [2.75, 3.05) is 19.7 Å². The summed E-state index contributed by atoms with van der Waals surface area (Å²) >= 11 is 0. The first-order chi connectivity index (χ1) is 9.24. The van der Waals surface area contributed by atoms with Crippen molar-refractivity contribution in [3.05, 3.63) is 24.2 Å². The molecule has 19 heavy (non-hydrogen) atoms. The highest BCUT2D eigenvalue weighted by molar-refractivity contribution is 5.91. The molecule has 0 aromatic carbocycles. The van der Waals surface area contributed by atoms with E-state index in [4.69, 9.17) is 9.52 Å². The van der Waals surface area contributed by atoms with Crippen LogP contribution >= 0.6 is 0 Å². The molecular weight excluding hydrogens is 248 g/mol. The van der Waals surface area contributed by atoms with Crippen LogP contribution in [0.15, 0.2) is 22.8 Å². The minimum absolute atomic E-state index is 0.0369. The molecule has 1 rings (SSSR count). The zero-order valence-electron chi connectivity index (χ0n) is 10.9. The Bertz CT molecular complexity index is 376. The molecule has 1 aromatic heterocycles. The second kappa shape index (κ2) is 9.16. The number of amides is 2. The Morgan fingerprint density at radius 3 is 2.63 bits per heavy atom. The summed E-state index contributed by atoms with van der Waals surface area (Å²) in [7, 11) is 0. The van der Waals surface area contributed by atoms with Gasteiger partial charge in [-0.05, 0) is 31.4 Å². The molecule has 3 N–H and O–H groups in total. The standard InChI is InChI=1S/C13H20N2O4/c16-9-2-1-7-14-12(17)6-3-8-15-13(18)11-5-4-10-19-11/h4-5,10,16H,1-3,6-9H2,(H,14,17)(H,15,18). The van der Waals surface area contributed by atoms with E-state index in [1.807, 2.05) is 0 Å². The van der Waals surface area contributed by atoms with Crippen molar-refractivity contribution in [2.45, 2.75) is 25.7 Å². The molecule has 1 aromatic rings. The van der Waals surface area contributed by atoms with Gasteiger partial charge >= 0.3 is 0 Å². The number of hydrogen-bond donors (Lipinski definition) is 3. The summed E-state index contributed by atoms with van der Waals surface area (Å²) in [5, 5.41) is 14.0. The number of unbranched alkanes of at least 4 members (excludes halogenated alkanes) is 1. The summed E-state index contributed by atoms with van der Waals surface area (Å²) in [6.45, 7) is 1.16. The molecule has 0 fully saturated rings. The van der Waals surface area contributed by atoms with Crippen molar-refractivity contribution < 1.29 is 19.1 Å². The van der Waals surface area contributed by atoms with Crippen LogP contribution in [0.3, 0.4) is 0 Å². The lowest BCUT2D eigenvalue weighted by Crippen LogP contribution is -2.27. The highest BCUT2D eigenvalue weighted by atomic mass is 16.3. The number of carbonyl (C=O) groups excluding carboxylic acids is 2. The van der Waals surface area contributed by atoms with Gasteiger partial charge in [-0.3, -0.25) is 9.59 Å². The second-order valence-electron chi connectivity index (χ2n) is 4.12. The van der Waals surface area contributed by atoms with Crippen LogP contribution in [0.4, 0.5) is 0 Å². The van der Waals surface area contributed by atoms with E-state index in [0.717, 1.165) is 6.42 Å². The first-order valence-electron chi connectivity index (χ1n) is 6.43. The molecule has 0 bridgehead atoms. The van der Waals surface area contributed by atoms with E-state index < -0.39 is 0 Å². The van der Waals surface area contributed by atoms with E-state index in [0.29, 0.717) is 32.4 Å². The SMILES string of the molecule is O=C(CCCNC(=O)c1ccco1)NCCCCO. The summed E-state index contributed by atoms with van der Waals surface area (Å²) in [6.07, 6.45) is 3.86. The molecule has 106 valence electrons. The Morgan fingerprint density at radius 2 is 1.95 bits per heavy atom. The van der Waals surface area contributed by atoms with Gasteiger partial charge in [0.05, 0.1) is 6.26 Å². The maximum atomic E-state index is 11.5. The van der Waals surface area contributed by atoms with E-state index in [2.05, 4.69) is 10.6 Å². The van der Waals surface area contributed by atoms with Crippen LogP contribution in [0.25, 0.3) is 0 Å². The van der Waals surface area contributed by atoms with Gasteiger partial charge < -0.3 is 20.2 Å². The Hall–Kier alpha value is -1.82. The van der Waals surface area contributed by atoms with Gasteiger partial charge in [-0.2, -0.15) is 0 Å². The lowest BCUT2D eigenvalue weighted by Gasteiger charge is -2.05. The number of aliphatic hydroxyl groups excluding tert-OH is 1. The zero-order chi connectivity index (χ0) is 13.9. The Morgan fingerprint density at radius 1 is 1.16 bits per heavy atom. The molecular formula is C13H20N2O4. The average molecular weight is 268 g/mol. The molecule has 0 atom stereocenters. The van der Waals surface area contributed by atoms with Crippen LogP contribution in [0.1, 0.15) is 36.2 Å². The van der Waals surface area contributed by atoms with Crippen LogP contribution in [0.2, 0.25) is 0 Å². The fraction of sp³-hybridized carbons (Fsp3) is 0.538. The molecule has 1 heterocycles. The first kappa shape index (κ1) is 15.2. The van der Waals surface area contributed by atoms with Crippen LogP contribution in [-0.4, -0.2) is 36.6 Å². The first-order valence-corrected chi connectivity index (χ1v) is 6.43. The highest BCUT2D eigenvalue weighted by Gasteiger charge is 2.07. The maximum Gasteiger partial charge on any atom is 0.286 e. The van der Waals surface area contributed by atoms with E-state index in [9.17, 15) is 9.59 Å². The molecule has 6 heteroatoms. The highest BCUT2D eigenvalue weighted by Crippen LogP contribution is 1.99. The summed E-state index contributed by atoms with van der Waals surface area (Å²) in [4.78, 5) is 22.8. The number of nitrogens with one attached hydrogen (secondary N) is 2. The average Bonchev–Trinajstić information content (AvgIpc) is 2.93. The number of furan rings is 1. The fourth-order valence-electron chi connectivity index (χ4n) is 1.50. The molecule has 0 aliphatic carbocycles.